The number of carbonyl (C=O) groups excluding carboxylic acids is 2. The number of benzene rings is 1. The summed E-state index contributed by atoms with van der Waals surface area (Å²) in [4.78, 5) is 32.1. The lowest BCUT2D eigenvalue weighted by Gasteiger charge is -2.58. The number of aliphatic hydroxyl groups is 1. The highest BCUT2D eigenvalue weighted by Crippen LogP contribution is 2.43. The van der Waals surface area contributed by atoms with Crippen LogP contribution in [0.5, 0.6) is 0 Å². The molecule has 2 amide bonds. The molecule has 0 unspecified atom stereocenters. The van der Waals surface area contributed by atoms with Crippen LogP contribution in [0.3, 0.4) is 0 Å². The van der Waals surface area contributed by atoms with Gasteiger partial charge in [-0.1, -0.05) is 24.3 Å². The predicted octanol–water partition coefficient (Wildman–Crippen LogP) is 0.893. The first-order valence-electron chi connectivity index (χ1n) is 9.33. The summed E-state index contributed by atoms with van der Waals surface area (Å²) in [5, 5.41) is 9.86. The van der Waals surface area contributed by atoms with Crippen LogP contribution in [0.1, 0.15) is 11.5 Å². The number of hydrogen-bond donors (Lipinski definition) is 1. The summed E-state index contributed by atoms with van der Waals surface area (Å²) in [6.45, 7) is 0.379. The average Bonchev–Trinajstić information content (AvgIpc) is 2.71. The van der Waals surface area contributed by atoms with Crippen molar-refractivity contribution >= 4 is 11.8 Å². The van der Waals surface area contributed by atoms with Crippen LogP contribution < -0.4 is 0 Å². The highest BCUT2D eigenvalue weighted by Gasteiger charge is 2.54. The number of ether oxygens (including phenoxy) is 1. The molecule has 0 spiro atoms. The molecule has 4 rings (SSSR count). The lowest BCUT2D eigenvalue weighted by Crippen LogP contribution is -2.73. The zero-order valence-corrected chi connectivity index (χ0v) is 15.7. The molecule has 2 saturated heterocycles. The number of aliphatic hydroxyl groups excluding tert-OH is 1. The number of hydrogen-bond acceptors (Lipinski definition) is 5. The quantitative estimate of drug-likeness (QED) is 0.832. The molecule has 28 heavy (non-hydrogen) atoms. The number of pyridine rings is 1. The Balaban J connectivity index is 1.56. The van der Waals surface area contributed by atoms with E-state index >= 15 is 0 Å². The number of carbonyl (C=O) groups is 2. The third-order valence-corrected chi connectivity index (χ3v) is 5.68. The molecule has 146 valence electrons. The molecule has 7 heteroatoms. The van der Waals surface area contributed by atoms with Crippen LogP contribution in [0.15, 0.2) is 48.8 Å². The van der Waals surface area contributed by atoms with Crippen molar-refractivity contribution in [2.24, 2.45) is 0 Å². The Morgan fingerprint density at radius 1 is 1.18 bits per heavy atom. The maximum absolute atomic E-state index is 12.5. The molecule has 0 saturated carbocycles. The van der Waals surface area contributed by atoms with Gasteiger partial charge in [0.15, 0.2) is 0 Å². The topological polar surface area (TPSA) is 83.0 Å². The van der Waals surface area contributed by atoms with E-state index in [0.717, 1.165) is 16.7 Å². The van der Waals surface area contributed by atoms with Gasteiger partial charge in [0.2, 0.25) is 11.8 Å². The second-order valence-corrected chi connectivity index (χ2v) is 7.21. The summed E-state index contributed by atoms with van der Waals surface area (Å²) in [5.41, 5.74) is 3.23. The molecule has 0 aliphatic carbocycles. The SMILES string of the molecule is COCC(=O)N1CC(=O)N2[C@H](C1)[C@H](c1ccc(-c3ccncc3)cc1)[C@@H]2CO. The highest BCUT2D eigenvalue weighted by molar-refractivity contribution is 5.88. The van der Waals surface area contributed by atoms with Crippen molar-refractivity contribution < 1.29 is 19.4 Å². The summed E-state index contributed by atoms with van der Waals surface area (Å²) in [6, 6.07) is 11.7. The predicted molar refractivity (Wildman–Crippen MR) is 102 cm³/mol. The smallest absolute Gasteiger partial charge is 0.249 e. The van der Waals surface area contributed by atoms with Crippen molar-refractivity contribution in [2.45, 2.75) is 18.0 Å². The first-order valence-corrected chi connectivity index (χ1v) is 9.33. The molecule has 2 aromatic rings. The normalized spacial score (nSPS) is 23.9. The summed E-state index contributed by atoms with van der Waals surface area (Å²) >= 11 is 0. The Morgan fingerprint density at radius 3 is 2.50 bits per heavy atom. The van der Waals surface area contributed by atoms with Gasteiger partial charge in [-0.3, -0.25) is 14.6 Å². The van der Waals surface area contributed by atoms with Crippen molar-refractivity contribution in [2.75, 3.05) is 33.4 Å². The first kappa shape index (κ1) is 18.6. The lowest BCUT2D eigenvalue weighted by molar-refractivity contribution is -0.168. The van der Waals surface area contributed by atoms with Gasteiger partial charge in [-0.15, -0.1) is 0 Å². The van der Waals surface area contributed by atoms with Crippen molar-refractivity contribution in [3.63, 3.8) is 0 Å². The van der Waals surface area contributed by atoms with Gasteiger partial charge in [-0.2, -0.15) is 0 Å². The van der Waals surface area contributed by atoms with Crippen LogP contribution in [0.4, 0.5) is 0 Å². The average molecular weight is 381 g/mol. The van der Waals surface area contributed by atoms with Crippen LogP contribution in [0.25, 0.3) is 11.1 Å². The fourth-order valence-corrected chi connectivity index (χ4v) is 4.35. The van der Waals surface area contributed by atoms with E-state index in [2.05, 4.69) is 4.98 Å². The summed E-state index contributed by atoms with van der Waals surface area (Å²) in [7, 11) is 1.47. The standard InChI is InChI=1S/C21H23N3O4/c1-28-13-20(27)23-10-17-21(18(12-25)24(17)19(26)11-23)16-4-2-14(3-5-16)15-6-8-22-9-7-15/h2-9,17-18,21,25H,10-13H2,1H3/t17-,18+,21+/m1/s1. The van der Waals surface area contributed by atoms with Gasteiger partial charge in [0.25, 0.3) is 0 Å². The van der Waals surface area contributed by atoms with Gasteiger partial charge in [-0.05, 0) is 28.8 Å². The molecule has 3 atom stereocenters. The van der Waals surface area contributed by atoms with E-state index in [1.807, 2.05) is 36.4 Å². The van der Waals surface area contributed by atoms with Gasteiger partial charge >= 0.3 is 0 Å². The molecule has 1 N–H and O–H groups in total. The van der Waals surface area contributed by atoms with E-state index in [1.54, 1.807) is 22.2 Å². The summed E-state index contributed by atoms with van der Waals surface area (Å²) < 4.78 is 4.92. The fraction of sp³-hybridized carbons (Fsp3) is 0.381. The third kappa shape index (κ3) is 3.16. The molecule has 1 aromatic heterocycles. The third-order valence-electron chi connectivity index (χ3n) is 5.68. The molecule has 7 nitrogen and oxygen atoms in total. The molecule has 2 aliphatic heterocycles. The van der Waals surface area contributed by atoms with Gasteiger partial charge < -0.3 is 19.6 Å². The lowest BCUT2D eigenvalue weighted by atomic mass is 9.73. The zero-order chi connectivity index (χ0) is 19.7. The number of aromatic nitrogens is 1. The number of methoxy groups -OCH3 is 1. The van der Waals surface area contributed by atoms with Crippen LogP contribution in [-0.2, 0) is 14.3 Å². The minimum atomic E-state index is -0.246. The Kier molecular flexibility index (Phi) is 5.11. The van der Waals surface area contributed by atoms with Gasteiger partial charge in [-0.25, -0.2) is 0 Å². The van der Waals surface area contributed by atoms with E-state index in [9.17, 15) is 14.7 Å². The van der Waals surface area contributed by atoms with Crippen molar-refractivity contribution in [1.82, 2.24) is 14.8 Å². The molecule has 1 aromatic carbocycles. The maximum atomic E-state index is 12.5. The van der Waals surface area contributed by atoms with E-state index in [1.165, 1.54) is 7.11 Å². The molecule has 2 aliphatic rings. The molecular weight excluding hydrogens is 358 g/mol. The molecular formula is C21H23N3O4. The summed E-state index contributed by atoms with van der Waals surface area (Å²) in [5.74, 6) is -0.308. The molecule has 2 fully saturated rings. The molecule has 3 heterocycles. The monoisotopic (exact) mass is 381 g/mol. The van der Waals surface area contributed by atoms with Crippen LogP contribution in [-0.4, -0.2) is 77.2 Å². The number of fused-ring (bicyclic) bond motifs is 1. The second-order valence-electron chi connectivity index (χ2n) is 7.21. The zero-order valence-electron chi connectivity index (χ0n) is 15.7. The van der Waals surface area contributed by atoms with Crippen LogP contribution in [0, 0.1) is 0 Å². The van der Waals surface area contributed by atoms with Gasteiger partial charge in [0.1, 0.15) is 6.61 Å². The Hall–Kier alpha value is -2.77. The van der Waals surface area contributed by atoms with E-state index < -0.39 is 0 Å². The van der Waals surface area contributed by atoms with Gasteiger partial charge in [0, 0.05) is 32.0 Å². The van der Waals surface area contributed by atoms with Crippen molar-refractivity contribution in [1.29, 1.82) is 0 Å². The van der Waals surface area contributed by atoms with Crippen LogP contribution >= 0.6 is 0 Å². The maximum Gasteiger partial charge on any atom is 0.249 e. The Labute approximate surface area is 163 Å². The Morgan fingerprint density at radius 2 is 1.86 bits per heavy atom. The number of rotatable bonds is 5. The minimum absolute atomic E-state index is 0.00131. The van der Waals surface area contributed by atoms with Crippen molar-refractivity contribution in [3.8, 4) is 11.1 Å². The first-order chi connectivity index (χ1) is 13.6. The minimum Gasteiger partial charge on any atom is -0.394 e. The van der Waals surface area contributed by atoms with E-state index in [-0.39, 0.29) is 49.6 Å². The van der Waals surface area contributed by atoms with Gasteiger partial charge in [0.05, 0.1) is 25.2 Å². The molecule has 0 bridgehead atoms. The van der Waals surface area contributed by atoms with E-state index in [0.29, 0.717) is 6.54 Å². The second kappa shape index (κ2) is 7.69. The van der Waals surface area contributed by atoms with Crippen LogP contribution in [0.2, 0.25) is 0 Å². The number of piperazine rings is 1. The molecule has 0 radical (unpaired) electrons. The fourth-order valence-electron chi connectivity index (χ4n) is 4.35. The Bertz CT molecular complexity index is 856. The largest absolute Gasteiger partial charge is 0.394 e. The van der Waals surface area contributed by atoms with Crippen molar-refractivity contribution in [3.05, 3.63) is 54.4 Å². The number of nitrogens with zero attached hydrogens (tertiary/aromatic N) is 3. The summed E-state index contributed by atoms with van der Waals surface area (Å²) in [6.07, 6.45) is 3.52. The highest BCUT2D eigenvalue weighted by atomic mass is 16.5. The number of amides is 2. The van der Waals surface area contributed by atoms with E-state index in [4.69, 9.17) is 4.74 Å².